The predicted octanol–water partition coefficient (Wildman–Crippen LogP) is 5.32. The highest BCUT2D eigenvalue weighted by atomic mass is 19.1. The summed E-state index contributed by atoms with van der Waals surface area (Å²) >= 11 is 0. The topological polar surface area (TPSA) is 57.6 Å². The molecule has 156 valence electrons. The summed E-state index contributed by atoms with van der Waals surface area (Å²) < 4.78 is 13.5. The summed E-state index contributed by atoms with van der Waals surface area (Å²) in [6.07, 6.45) is 0.847. The van der Waals surface area contributed by atoms with Crippen molar-refractivity contribution in [3.05, 3.63) is 106 Å². The van der Waals surface area contributed by atoms with E-state index in [0.717, 1.165) is 17.5 Å². The van der Waals surface area contributed by atoms with Gasteiger partial charge in [-0.15, -0.1) is 0 Å². The summed E-state index contributed by atoms with van der Waals surface area (Å²) in [5.41, 5.74) is 3.61. The van der Waals surface area contributed by atoms with Gasteiger partial charge in [0.25, 0.3) is 11.7 Å². The zero-order chi connectivity index (χ0) is 22.1. The van der Waals surface area contributed by atoms with E-state index < -0.39 is 23.5 Å². The molecule has 1 aliphatic rings. The zero-order valence-electron chi connectivity index (χ0n) is 17.3. The second-order valence-electron chi connectivity index (χ2n) is 7.61. The number of hydrogen-bond donors (Lipinski definition) is 1. The number of carbonyl (C=O) groups excluding carboxylic acids is 2. The van der Waals surface area contributed by atoms with E-state index in [4.69, 9.17) is 0 Å². The monoisotopic (exact) mass is 415 g/mol. The molecule has 1 N–H and O–H groups in total. The number of Topliss-reactive ketones (excluding diaryl/α,β-unsaturated/α-hetero) is 1. The van der Waals surface area contributed by atoms with Crippen LogP contribution < -0.4 is 4.90 Å². The number of halogens is 1. The van der Waals surface area contributed by atoms with Crippen LogP contribution in [0.1, 0.15) is 35.2 Å². The molecule has 4 nitrogen and oxygen atoms in total. The quantitative estimate of drug-likeness (QED) is 0.356. The summed E-state index contributed by atoms with van der Waals surface area (Å²) in [6, 6.07) is 19.3. The van der Waals surface area contributed by atoms with Gasteiger partial charge in [0.15, 0.2) is 0 Å². The number of ketones is 1. The standard InChI is InChI=1S/C26H22FNO3/c1-3-17-7-9-18(10-8-17)24(29)22-23(19-6-4-5-16(2)15-19)28(26(31)25(22)30)21-13-11-20(27)12-14-21/h4-15,23,29H,3H2,1-2H3/b24-22-. The zero-order valence-corrected chi connectivity index (χ0v) is 17.3. The van der Waals surface area contributed by atoms with Gasteiger partial charge in [0.2, 0.25) is 0 Å². The molecule has 5 heteroatoms. The number of carbonyl (C=O) groups is 2. The highest BCUT2D eigenvalue weighted by molar-refractivity contribution is 6.51. The van der Waals surface area contributed by atoms with Gasteiger partial charge in [-0.3, -0.25) is 14.5 Å². The SMILES string of the molecule is CCc1ccc(/C(O)=C2/C(=O)C(=O)N(c3ccc(F)cc3)C2c2cccc(C)c2)cc1. The normalized spacial score (nSPS) is 17.9. The largest absolute Gasteiger partial charge is 0.507 e. The lowest BCUT2D eigenvalue weighted by Crippen LogP contribution is -2.29. The minimum atomic E-state index is -0.823. The van der Waals surface area contributed by atoms with Crippen LogP contribution in [-0.2, 0) is 16.0 Å². The summed E-state index contributed by atoms with van der Waals surface area (Å²) in [5.74, 6) is -2.20. The van der Waals surface area contributed by atoms with E-state index >= 15 is 0 Å². The molecule has 1 fully saturated rings. The third kappa shape index (κ3) is 3.75. The smallest absolute Gasteiger partial charge is 0.300 e. The molecule has 1 amide bonds. The molecular weight excluding hydrogens is 393 g/mol. The van der Waals surface area contributed by atoms with Crippen LogP contribution in [0.3, 0.4) is 0 Å². The number of aliphatic hydroxyl groups excluding tert-OH is 1. The van der Waals surface area contributed by atoms with Gasteiger partial charge in [0, 0.05) is 11.3 Å². The Kier molecular flexibility index (Phi) is 5.42. The van der Waals surface area contributed by atoms with Crippen molar-refractivity contribution < 1.29 is 19.1 Å². The lowest BCUT2D eigenvalue weighted by molar-refractivity contribution is -0.132. The van der Waals surface area contributed by atoms with Crippen LogP contribution in [0.15, 0.2) is 78.4 Å². The van der Waals surface area contributed by atoms with Crippen molar-refractivity contribution >= 4 is 23.1 Å². The Morgan fingerprint density at radius 1 is 1.00 bits per heavy atom. The van der Waals surface area contributed by atoms with E-state index in [0.29, 0.717) is 16.8 Å². The molecule has 3 aromatic rings. The molecule has 1 aliphatic heterocycles. The number of aliphatic hydroxyl groups is 1. The Balaban J connectivity index is 1.92. The van der Waals surface area contributed by atoms with E-state index in [-0.39, 0.29) is 11.3 Å². The Bertz CT molecular complexity index is 1180. The first kappa shape index (κ1) is 20.5. The third-order valence-electron chi connectivity index (χ3n) is 5.54. The number of aryl methyl sites for hydroxylation is 2. The van der Waals surface area contributed by atoms with Crippen LogP contribution in [0.5, 0.6) is 0 Å². The van der Waals surface area contributed by atoms with Crippen LogP contribution in [0.4, 0.5) is 10.1 Å². The molecule has 0 bridgehead atoms. The molecule has 1 atom stereocenters. The average Bonchev–Trinajstić information content (AvgIpc) is 3.04. The maximum absolute atomic E-state index is 13.5. The van der Waals surface area contributed by atoms with Crippen LogP contribution >= 0.6 is 0 Å². The lowest BCUT2D eigenvalue weighted by atomic mass is 9.94. The molecule has 0 saturated carbocycles. The van der Waals surface area contributed by atoms with Crippen molar-refractivity contribution in [3.8, 4) is 0 Å². The van der Waals surface area contributed by atoms with Crippen molar-refractivity contribution in [3.63, 3.8) is 0 Å². The van der Waals surface area contributed by atoms with Gasteiger partial charge in [-0.2, -0.15) is 0 Å². The Morgan fingerprint density at radius 3 is 2.29 bits per heavy atom. The summed E-state index contributed by atoms with van der Waals surface area (Å²) in [5, 5.41) is 11.1. The van der Waals surface area contributed by atoms with E-state index in [1.165, 1.54) is 29.2 Å². The molecule has 0 aliphatic carbocycles. The van der Waals surface area contributed by atoms with Crippen molar-refractivity contribution in [1.29, 1.82) is 0 Å². The van der Waals surface area contributed by atoms with Crippen LogP contribution in [0, 0.1) is 12.7 Å². The molecule has 3 aromatic carbocycles. The van der Waals surface area contributed by atoms with Crippen molar-refractivity contribution in [2.45, 2.75) is 26.3 Å². The van der Waals surface area contributed by atoms with Crippen LogP contribution in [0.2, 0.25) is 0 Å². The van der Waals surface area contributed by atoms with Crippen LogP contribution in [-0.4, -0.2) is 16.8 Å². The van der Waals surface area contributed by atoms with Gasteiger partial charge < -0.3 is 5.11 Å². The highest BCUT2D eigenvalue weighted by Crippen LogP contribution is 2.42. The van der Waals surface area contributed by atoms with Crippen molar-refractivity contribution in [2.75, 3.05) is 4.90 Å². The van der Waals surface area contributed by atoms with Gasteiger partial charge in [0.05, 0.1) is 11.6 Å². The van der Waals surface area contributed by atoms with Gasteiger partial charge in [0.1, 0.15) is 11.6 Å². The van der Waals surface area contributed by atoms with E-state index in [2.05, 4.69) is 0 Å². The molecule has 31 heavy (non-hydrogen) atoms. The fourth-order valence-corrected chi connectivity index (χ4v) is 3.91. The molecule has 0 spiro atoms. The average molecular weight is 415 g/mol. The fourth-order valence-electron chi connectivity index (χ4n) is 3.91. The minimum Gasteiger partial charge on any atom is -0.507 e. The summed E-state index contributed by atoms with van der Waals surface area (Å²) in [7, 11) is 0. The first-order valence-corrected chi connectivity index (χ1v) is 10.1. The third-order valence-corrected chi connectivity index (χ3v) is 5.54. The maximum Gasteiger partial charge on any atom is 0.300 e. The first-order chi connectivity index (χ1) is 14.9. The lowest BCUT2D eigenvalue weighted by Gasteiger charge is -2.25. The summed E-state index contributed by atoms with van der Waals surface area (Å²) in [6.45, 7) is 3.94. The molecule has 1 heterocycles. The number of amides is 1. The van der Waals surface area contributed by atoms with E-state index in [1.54, 1.807) is 12.1 Å². The number of benzene rings is 3. The molecule has 0 radical (unpaired) electrons. The fraction of sp³-hybridized carbons (Fsp3) is 0.154. The van der Waals surface area contributed by atoms with E-state index in [1.807, 2.05) is 50.2 Å². The molecule has 1 unspecified atom stereocenters. The Hall–Kier alpha value is -3.73. The maximum atomic E-state index is 13.5. The molecular formula is C26H22FNO3. The van der Waals surface area contributed by atoms with Crippen LogP contribution in [0.25, 0.3) is 5.76 Å². The van der Waals surface area contributed by atoms with Gasteiger partial charge >= 0.3 is 0 Å². The molecule has 1 saturated heterocycles. The predicted molar refractivity (Wildman–Crippen MR) is 118 cm³/mol. The Labute approximate surface area is 180 Å². The molecule has 0 aromatic heterocycles. The highest BCUT2D eigenvalue weighted by Gasteiger charge is 2.46. The second kappa shape index (κ2) is 8.19. The first-order valence-electron chi connectivity index (χ1n) is 10.1. The number of anilines is 1. The van der Waals surface area contributed by atoms with Gasteiger partial charge in [-0.25, -0.2) is 4.39 Å². The number of hydrogen-bond acceptors (Lipinski definition) is 3. The van der Waals surface area contributed by atoms with Crippen molar-refractivity contribution in [1.82, 2.24) is 0 Å². The summed E-state index contributed by atoms with van der Waals surface area (Å²) in [4.78, 5) is 27.4. The van der Waals surface area contributed by atoms with Crippen molar-refractivity contribution in [2.24, 2.45) is 0 Å². The minimum absolute atomic E-state index is 0.0178. The number of rotatable bonds is 4. The van der Waals surface area contributed by atoms with E-state index in [9.17, 15) is 19.1 Å². The Morgan fingerprint density at radius 2 is 1.68 bits per heavy atom. The number of nitrogens with zero attached hydrogens (tertiary/aromatic N) is 1. The molecule has 4 rings (SSSR count). The van der Waals surface area contributed by atoms with Gasteiger partial charge in [-0.1, -0.05) is 61.0 Å². The van der Waals surface area contributed by atoms with Gasteiger partial charge in [-0.05, 0) is 48.7 Å². The second-order valence-corrected chi connectivity index (χ2v) is 7.61.